The third-order valence-electron chi connectivity index (χ3n) is 3.25. The molecule has 0 radical (unpaired) electrons. The highest BCUT2D eigenvalue weighted by Gasteiger charge is 2.28. The first kappa shape index (κ1) is 14.2. The van der Waals surface area contributed by atoms with Gasteiger partial charge in [0.15, 0.2) is 0 Å². The number of amides is 1. The Morgan fingerprint density at radius 3 is 2.24 bits per heavy atom. The fourth-order valence-corrected chi connectivity index (χ4v) is 2.58. The van der Waals surface area contributed by atoms with Crippen LogP contribution in [0.15, 0.2) is 48.5 Å². The SMILES string of the molecule is O=C(NC1c2ccccc2Oc2ccccc21)OCCI. The highest BCUT2D eigenvalue weighted by Crippen LogP contribution is 2.42. The molecule has 0 saturated heterocycles. The van der Waals surface area contributed by atoms with E-state index in [1.165, 1.54) is 0 Å². The minimum atomic E-state index is -0.414. The van der Waals surface area contributed by atoms with Crippen LogP contribution in [-0.4, -0.2) is 17.1 Å². The highest BCUT2D eigenvalue weighted by atomic mass is 127. The maximum atomic E-state index is 11.9. The summed E-state index contributed by atoms with van der Waals surface area (Å²) in [7, 11) is 0. The number of alkyl carbamates (subject to hydrolysis) is 1. The first-order chi connectivity index (χ1) is 10.3. The molecule has 0 fully saturated rings. The van der Waals surface area contributed by atoms with Crippen molar-refractivity contribution >= 4 is 28.7 Å². The van der Waals surface area contributed by atoms with Crippen LogP contribution in [0.3, 0.4) is 0 Å². The standard InChI is InChI=1S/C16H14INO3/c17-9-10-20-16(19)18-15-11-5-1-3-7-13(11)21-14-8-4-2-6-12(14)15/h1-8,15H,9-10H2,(H,18,19). The van der Waals surface area contributed by atoms with Crippen LogP contribution in [0.5, 0.6) is 11.5 Å². The summed E-state index contributed by atoms with van der Waals surface area (Å²) in [6, 6.07) is 15.1. The highest BCUT2D eigenvalue weighted by molar-refractivity contribution is 14.1. The zero-order valence-corrected chi connectivity index (χ0v) is 13.4. The maximum absolute atomic E-state index is 11.9. The van der Waals surface area contributed by atoms with E-state index in [-0.39, 0.29) is 6.04 Å². The van der Waals surface area contributed by atoms with Gasteiger partial charge in [-0.1, -0.05) is 59.0 Å². The van der Waals surface area contributed by atoms with Crippen molar-refractivity contribution in [3.8, 4) is 11.5 Å². The lowest BCUT2D eigenvalue weighted by atomic mass is 9.95. The number of carbonyl (C=O) groups excluding carboxylic acids is 1. The molecule has 1 aliphatic heterocycles. The molecule has 5 heteroatoms. The smallest absolute Gasteiger partial charge is 0.407 e. The van der Waals surface area contributed by atoms with Gasteiger partial charge in [0.25, 0.3) is 0 Å². The van der Waals surface area contributed by atoms with E-state index >= 15 is 0 Å². The van der Waals surface area contributed by atoms with E-state index in [0.29, 0.717) is 6.61 Å². The Morgan fingerprint density at radius 1 is 1.10 bits per heavy atom. The molecule has 0 spiro atoms. The Morgan fingerprint density at radius 2 is 1.67 bits per heavy atom. The molecule has 4 nitrogen and oxygen atoms in total. The van der Waals surface area contributed by atoms with Gasteiger partial charge in [0, 0.05) is 15.6 Å². The molecule has 3 rings (SSSR count). The van der Waals surface area contributed by atoms with Crippen molar-refractivity contribution < 1.29 is 14.3 Å². The Hall–Kier alpha value is -1.76. The fourth-order valence-electron chi connectivity index (χ4n) is 2.36. The summed E-state index contributed by atoms with van der Waals surface area (Å²) in [5.41, 5.74) is 1.87. The van der Waals surface area contributed by atoms with Gasteiger partial charge in [-0.3, -0.25) is 0 Å². The lowest BCUT2D eigenvalue weighted by Crippen LogP contribution is -2.32. The Labute approximate surface area is 136 Å². The third-order valence-corrected chi connectivity index (χ3v) is 3.69. The number of halogens is 1. The van der Waals surface area contributed by atoms with Gasteiger partial charge in [0.05, 0.1) is 6.04 Å². The number of carbonyl (C=O) groups is 1. The number of hydrogen-bond acceptors (Lipinski definition) is 3. The van der Waals surface area contributed by atoms with Crippen LogP contribution in [0.1, 0.15) is 17.2 Å². The molecule has 108 valence electrons. The molecule has 1 heterocycles. The molecule has 0 aromatic heterocycles. The zero-order valence-electron chi connectivity index (χ0n) is 11.2. The van der Waals surface area contributed by atoms with Crippen LogP contribution in [0.4, 0.5) is 4.79 Å². The monoisotopic (exact) mass is 395 g/mol. The van der Waals surface area contributed by atoms with E-state index < -0.39 is 6.09 Å². The van der Waals surface area contributed by atoms with Crippen molar-refractivity contribution in [2.45, 2.75) is 6.04 Å². The van der Waals surface area contributed by atoms with Gasteiger partial charge in [0.1, 0.15) is 18.1 Å². The molecule has 1 N–H and O–H groups in total. The predicted octanol–water partition coefficient (Wildman–Crippen LogP) is 4.04. The number of fused-ring (bicyclic) bond motifs is 2. The predicted molar refractivity (Wildman–Crippen MR) is 88.2 cm³/mol. The van der Waals surface area contributed by atoms with E-state index in [1.807, 2.05) is 48.5 Å². The number of nitrogens with one attached hydrogen (secondary N) is 1. The lowest BCUT2D eigenvalue weighted by Gasteiger charge is -2.28. The minimum Gasteiger partial charge on any atom is -0.457 e. The number of para-hydroxylation sites is 2. The van der Waals surface area contributed by atoms with Crippen LogP contribution in [-0.2, 0) is 4.74 Å². The summed E-state index contributed by atoms with van der Waals surface area (Å²) in [5.74, 6) is 1.52. The molecular formula is C16H14INO3. The van der Waals surface area contributed by atoms with Crippen LogP contribution in [0.2, 0.25) is 0 Å². The van der Waals surface area contributed by atoms with Gasteiger partial charge in [-0.05, 0) is 12.1 Å². The molecule has 0 saturated carbocycles. The molecule has 21 heavy (non-hydrogen) atoms. The second-order valence-corrected chi connectivity index (χ2v) is 5.66. The van der Waals surface area contributed by atoms with Crippen molar-refractivity contribution in [1.82, 2.24) is 5.32 Å². The van der Waals surface area contributed by atoms with E-state index in [1.54, 1.807) is 0 Å². The van der Waals surface area contributed by atoms with Crippen LogP contribution < -0.4 is 10.1 Å². The number of hydrogen-bond donors (Lipinski definition) is 1. The normalized spacial score (nSPS) is 12.8. The summed E-state index contributed by atoms with van der Waals surface area (Å²) >= 11 is 2.17. The molecule has 0 atom stereocenters. The van der Waals surface area contributed by atoms with Gasteiger partial charge in [0.2, 0.25) is 0 Å². The van der Waals surface area contributed by atoms with Gasteiger partial charge in [-0.2, -0.15) is 0 Å². The lowest BCUT2D eigenvalue weighted by molar-refractivity contribution is 0.151. The first-order valence-electron chi connectivity index (χ1n) is 6.64. The molecule has 2 aromatic rings. The average molecular weight is 395 g/mol. The summed E-state index contributed by atoms with van der Waals surface area (Å²) < 4.78 is 11.8. The quantitative estimate of drug-likeness (QED) is 0.631. The summed E-state index contributed by atoms with van der Waals surface area (Å²) in [6.45, 7) is 0.402. The van der Waals surface area contributed by atoms with Crippen molar-refractivity contribution in [3.05, 3.63) is 59.7 Å². The Balaban J connectivity index is 1.93. The van der Waals surface area contributed by atoms with E-state index in [2.05, 4.69) is 27.9 Å². The molecule has 2 aromatic carbocycles. The minimum absolute atomic E-state index is 0.257. The zero-order chi connectivity index (χ0) is 14.7. The van der Waals surface area contributed by atoms with Crippen molar-refractivity contribution in [2.75, 3.05) is 11.0 Å². The topological polar surface area (TPSA) is 47.6 Å². The van der Waals surface area contributed by atoms with Crippen LogP contribution in [0.25, 0.3) is 0 Å². The van der Waals surface area contributed by atoms with Crippen molar-refractivity contribution in [1.29, 1.82) is 0 Å². The Kier molecular flexibility index (Phi) is 4.28. The fraction of sp³-hybridized carbons (Fsp3) is 0.188. The van der Waals surface area contributed by atoms with Gasteiger partial charge >= 0.3 is 6.09 Å². The number of ether oxygens (including phenoxy) is 2. The largest absolute Gasteiger partial charge is 0.457 e. The second-order valence-electron chi connectivity index (χ2n) is 4.58. The summed E-state index contributed by atoms with van der Waals surface area (Å²) in [5, 5.41) is 2.92. The van der Waals surface area contributed by atoms with Crippen molar-refractivity contribution in [2.24, 2.45) is 0 Å². The van der Waals surface area contributed by atoms with Gasteiger partial charge in [-0.15, -0.1) is 0 Å². The van der Waals surface area contributed by atoms with Crippen molar-refractivity contribution in [3.63, 3.8) is 0 Å². The molecule has 0 bridgehead atoms. The number of benzene rings is 2. The van der Waals surface area contributed by atoms with Gasteiger partial charge < -0.3 is 14.8 Å². The molecule has 0 aliphatic carbocycles. The summed E-state index contributed by atoms with van der Waals surface area (Å²) in [6.07, 6.45) is -0.414. The van der Waals surface area contributed by atoms with E-state index in [9.17, 15) is 4.79 Å². The van der Waals surface area contributed by atoms with E-state index in [4.69, 9.17) is 9.47 Å². The maximum Gasteiger partial charge on any atom is 0.407 e. The molecular weight excluding hydrogens is 381 g/mol. The molecule has 1 amide bonds. The molecule has 0 unspecified atom stereocenters. The van der Waals surface area contributed by atoms with Gasteiger partial charge in [-0.25, -0.2) is 4.79 Å². The van der Waals surface area contributed by atoms with Crippen LogP contribution >= 0.6 is 22.6 Å². The summed E-state index contributed by atoms with van der Waals surface area (Å²) in [4.78, 5) is 11.9. The average Bonchev–Trinajstić information content (AvgIpc) is 2.52. The number of alkyl halides is 1. The molecule has 1 aliphatic rings. The van der Waals surface area contributed by atoms with Crippen LogP contribution in [0, 0.1) is 0 Å². The number of rotatable bonds is 3. The van der Waals surface area contributed by atoms with E-state index in [0.717, 1.165) is 27.1 Å². The second kappa shape index (κ2) is 6.34. The third kappa shape index (κ3) is 2.97. The Bertz CT molecular complexity index is 614. The first-order valence-corrected chi connectivity index (χ1v) is 8.17.